The third-order valence-corrected chi connectivity index (χ3v) is 3.23. The Balaban J connectivity index is 2.13. The summed E-state index contributed by atoms with van der Waals surface area (Å²) < 4.78 is 5.19. The molecular weight excluding hydrogens is 263 g/mol. The number of anilines is 1. The molecule has 1 unspecified atom stereocenters. The van der Waals surface area contributed by atoms with Gasteiger partial charge in [0.1, 0.15) is 0 Å². The summed E-state index contributed by atoms with van der Waals surface area (Å²) in [4.78, 5) is 6.23. The average molecular weight is 277 g/mol. The van der Waals surface area contributed by atoms with Crippen LogP contribution in [0.1, 0.15) is 12.8 Å². The predicted molar refractivity (Wildman–Crippen MR) is 66.7 cm³/mol. The Bertz CT molecular complexity index is 389. The van der Waals surface area contributed by atoms with Gasteiger partial charge in [0.15, 0.2) is 11.0 Å². The van der Waals surface area contributed by atoms with Gasteiger partial charge in [-0.05, 0) is 30.4 Å². The van der Waals surface area contributed by atoms with Crippen LogP contribution in [-0.2, 0) is 4.74 Å². The first-order valence-electron chi connectivity index (χ1n) is 5.50. The number of piperidine rings is 1. The van der Waals surface area contributed by atoms with Crippen LogP contribution in [0.4, 0.5) is 5.82 Å². The smallest absolute Gasteiger partial charge is 0.245 e. The monoisotopic (exact) mass is 276 g/mol. The maximum Gasteiger partial charge on any atom is 0.245 e. The maximum atomic E-state index is 5.99. The summed E-state index contributed by atoms with van der Waals surface area (Å²) in [5.41, 5.74) is 0. The van der Waals surface area contributed by atoms with Crippen molar-refractivity contribution in [3.05, 3.63) is 10.4 Å². The molecule has 1 aromatic rings. The Labute approximate surface area is 110 Å². The van der Waals surface area contributed by atoms with Crippen LogP contribution >= 0.6 is 23.2 Å². The molecule has 0 N–H and O–H groups in total. The summed E-state index contributed by atoms with van der Waals surface area (Å²) in [5.74, 6) is 1.12. The molecule has 1 aliphatic heterocycles. The lowest BCUT2D eigenvalue weighted by Gasteiger charge is -2.33. The van der Waals surface area contributed by atoms with Crippen molar-refractivity contribution in [2.24, 2.45) is 5.92 Å². The van der Waals surface area contributed by atoms with Crippen LogP contribution in [0.2, 0.25) is 10.4 Å². The molecule has 0 aromatic carbocycles. The van der Waals surface area contributed by atoms with Crippen molar-refractivity contribution in [3.63, 3.8) is 0 Å². The van der Waals surface area contributed by atoms with Crippen LogP contribution < -0.4 is 4.90 Å². The highest BCUT2D eigenvalue weighted by Gasteiger charge is 2.23. The maximum absolute atomic E-state index is 5.99. The fourth-order valence-corrected chi connectivity index (χ4v) is 2.43. The highest BCUT2D eigenvalue weighted by Crippen LogP contribution is 2.26. The molecule has 0 bridgehead atoms. The van der Waals surface area contributed by atoms with Gasteiger partial charge in [-0.1, -0.05) is 11.6 Å². The molecule has 1 fully saturated rings. The first kappa shape index (κ1) is 12.8. The Hall–Kier alpha value is -0.650. The van der Waals surface area contributed by atoms with Crippen LogP contribution in [0.25, 0.3) is 0 Å². The van der Waals surface area contributed by atoms with Crippen molar-refractivity contribution in [3.8, 4) is 0 Å². The third kappa shape index (κ3) is 3.18. The Morgan fingerprint density at radius 2 is 2.24 bits per heavy atom. The number of methoxy groups -OCH3 is 1. The van der Waals surface area contributed by atoms with Gasteiger partial charge in [0.2, 0.25) is 5.28 Å². The van der Waals surface area contributed by atoms with E-state index in [-0.39, 0.29) is 5.28 Å². The molecule has 2 heterocycles. The minimum atomic E-state index is 0.123. The van der Waals surface area contributed by atoms with E-state index in [0.29, 0.717) is 16.9 Å². The summed E-state index contributed by atoms with van der Waals surface area (Å²) >= 11 is 11.7. The molecule has 5 nitrogen and oxygen atoms in total. The van der Waals surface area contributed by atoms with Gasteiger partial charge in [0.05, 0.1) is 6.61 Å². The molecule has 1 saturated heterocycles. The van der Waals surface area contributed by atoms with E-state index < -0.39 is 0 Å². The molecule has 1 aliphatic rings. The molecule has 17 heavy (non-hydrogen) atoms. The minimum Gasteiger partial charge on any atom is -0.384 e. The fraction of sp³-hybridized carbons (Fsp3) is 0.700. The molecule has 0 saturated carbocycles. The number of rotatable bonds is 3. The van der Waals surface area contributed by atoms with Crippen LogP contribution in [0.3, 0.4) is 0 Å². The molecule has 0 aliphatic carbocycles. The Morgan fingerprint density at radius 3 is 3.00 bits per heavy atom. The topological polar surface area (TPSA) is 51.1 Å². The predicted octanol–water partition coefficient (Wildman–Crippen LogP) is 2.04. The third-order valence-electron chi connectivity index (χ3n) is 2.82. The molecule has 1 atom stereocenters. The summed E-state index contributed by atoms with van der Waals surface area (Å²) in [5, 5.41) is 7.81. The van der Waals surface area contributed by atoms with E-state index >= 15 is 0 Å². The quantitative estimate of drug-likeness (QED) is 0.846. The van der Waals surface area contributed by atoms with Crippen molar-refractivity contribution >= 4 is 29.0 Å². The summed E-state index contributed by atoms with van der Waals surface area (Å²) in [7, 11) is 1.72. The molecule has 1 aromatic heterocycles. The number of ether oxygens (including phenoxy) is 1. The highest BCUT2D eigenvalue weighted by atomic mass is 35.5. The zero-order valence-electron chi connectivity index (χ0n) is 9.57. The molecule has 94 valence electrons. The van der Waals surface area contributed by atoms with Crippen LogP contribution in [0.15, 0.2) is 0 Å². The van der Waals surface area contributed by atoms with Crippen molar-refractivity contribution in [2.45, 2.75) is 12.8 Å². The first-order valence-corrected chi connectivity index (χ1v) is 6.26. The second-order valence-electron chi connectivity index (χ2n) is 4.10. The normalized spacial score (nSPS) is 20.6. The van der Waals surface area contributed by atoms with E-state index in [1.165, 1.54) is 0 Å². The van der Waals surface area contributed by atoms with Gasteiger partial charge < -0.3 is 9.64 Å². The highest BCUT2D eigenvalue weighted by molar-refractivity contribution is 6.32. The van der Waals surface area contributed by atoms with Crippen LogP contribution in [0.5, 0.6) is 0 Å². The number of nitrogens with zero attached hydrogens (tertiary/aromatic N) is 4. The van der Waals surface area contributed by atoms with Crippen molar-refractivity contribution < 1.29 is 4.74 Å². The van der Waals surface area contributed by atoms with Crippen molar-refractivity contribution in [1.82, 2.24) is 15.2 Å². The van der Waals surface area contributed by atoms with Gasteiger partial charge in [-0.3, -0.25) is 0 Å². The number of aromatic nitrogens is 3. The van der Waals surface area contributed by atoms with Gasteiger partial charge in [0, 0.05) is 20.2 Å². The fourth-order valence-electron chi connectivity index (χ4n) is 2.12. The van der Waals surface area contributed by atoms with E-state index in [0.717, 1.165) is 32.5 Å². The van der Waals surface area contributed by atoms with Crippen LogP contribution in [0, 0.1) is 5.92 Å². The van der Waals surface area contributed by atoms with Crippen molar-refractivity contribution in [2.75, 3.05) is 31.7 Å². The van der Waals surface area contributed by atoms with E-state index in [2.05, 4.69) is 20.1 Å². The molecule has 7 heteroatoms. The summed E-state index contributed by atoms with van der Waals surface area (Å²) in [6.07, 6.45) is 2.25. The van der Waals surface area contributed by atoms with Gasteiger partial charge >= 0.3 is 0 Å². The number of hydrogen-bond donors (Lipinski definition) is 0. The van der Waals surface area contributed by atoms with E-state index in [9.17, 15) is 0 Å². The summed E-state index contributed by atoms with van der Waals surface area (Å²) in [6, 6.07) is 0. The van der Waals surface area contributed by atoms with Crippen LogP contribution in [-0.4, -0.2) is 42.0 Å². The molecular formula is C10H14Cl2N4O. The largest absolute Gasteiger partial charge is 0.384 e. The average Bonchev–Trinajstić information content (AvgIpc) is 2.33. The number of halogens is 2. The minimum absolute atomic E-state index is 0.123. The Morgan fingerprint density at radius 1 is 1.41 bits per heavy atom. The van der Waals surface area contributed by atoms with Gasteiger partial charge in [0.25, 0.3) is 0 Å². The van der Waals surface area contributed by atoms with Gasteiger partial charge in [-0.2, -0.15) is 4.98 Å². The molecule has 2 rings (SSSR count). The molecule has 0 spiro atoms. The lowest BCUT2D eigenvalue weighted by Crippen LogP contribution is -2.38. The van der Waals surface area contributed by atoms with E-state index in [1.807, 2.05) is 0 Å². The summed E-state index contributed by atoms with van der Waals surface area (Å²) in [6.45, 7) is 2.53. The standard InChI is InChI=1S/C10H14Cl2N4O/c1-17-6-7-3-2-4-16(5-7)9-8(11)14-15-10(12)13-9/h7H,2-6H2,1H3. The SMILES string of the molecule is COCC1CCCN(c2nc(Cl)nnc2Cl)C1. The van der Waals surface area contributed by atoms with Gasteiger partial charge in [-0.15, -0.1) is 10.2 Å². The number of hydrogen-bond acceptors (Lipinski definition) is 5. The lowest BCUT2D eigenvalue weighted by molar-refractivity contribution is 0.143. The lowest BCUT2D eigenvalue weighted by atomic mass is 9.99. The second kappa shape index (κ2) is 5.80. The first-order chi connectivity index (χ1) is 8.20. The Kier molecular flexibility index (Phi) is 4.36. The van der Waals surface area contributed by atoms with E-state index in [1.54, 1.807) is 7.11 Å². The van der Waals surface area contributed by atoms with Crippen molar-refractivity contribution in [1.29, 1.82) is 0 Å². The molecule has 0 amide bonds. The second-order valence-corrected chi connectivity index (χ2v) is 4.80. The zero-order valence-corrected chi connectivity index (χ0v) is 11.1. The van der Waals surface area contributed by atoms with Gasteiger partial charge in [-0.25, -0.2) is 0 Å². The molecule has 0 radical (unpaired) electrons. The van der Waals surface area contributed by atoms with E-state index in [4.69, 9.17) is 27.9 Å². The zero-order chi connectivity index (χ0) is 12.3.